The lowest BCUT2D eigenvalue weighted by molar-refractivity contribution is -0.128. The first kappa shape index (κ1) is 15.4. The molecule has 4 heteroatoms. The van der Waals surface area contributed by atoms with Crippen LogP contribution in [0.2, 0.25) is 0 Å². The van der Waals surface area contributed by atoms with Crippen LogP contribution in [-0.2, 0) is 9.53 Å². The summed E-state index contributed by atoms with van der Waals surface area (Å²) in [5.41, 5.74) is 4.95. The van der Waals surface area contributed by atoms with Crippen molar-refractivity contribution in [1.82, 2.24) is 5.32 Å². The highest BCUT2D eigenvalue weighted by atomic mass is 16.5. The average molecular weight is 256 g/mol. The molecule has 1 amide bonds. The lowest BCUT2D eigenvalue weighted by Crippen LogP contribution is -2.60. The van der Waals surface area contributed by atoms with Gasteiger partial charge in [-0.25, -0.2) is 0 Å². The van der Waals surface area contributed by atoms with Gasteiger partial charge in [0.2, 0.25) is 5.91 Å². The molecule has 1 fully saturated rings. The second kappa shape index (κ2) is 7.74. The molecule has 0 bridgehead atoms. The van der Waals surface area contributed by atoms with E-state index < -0.39 is 5.54 Å². The molecule has 1 atom stereocenters. The topological polar surface area (TPSA) is 64.3 Å². The normalized spacial score (nSPS) is 18.6. The third-order valence-electron chi connectivity index (χ3n) is 3.68. The van der Waals surface area contributed by atoms with E-state index in [0.29, 0.717) is 12.5 Å². The van der Waals surface area contributed by atoms with Gasteiger partial charge in [0.1, 0.15) is 5.54 Å². The van der Waals surface area contributed by atoms with E-state index >= 15 is 0 Å². The first-order valence-electron chi connectivity index (χ1n) is 7.30. The molecular formula is C14H28N2O2. The number of carbonyl (C=O) groups is 1. The molecule has 0 heterocycles. The van der Waals surface area contributed by atoms with Crippen LogP contribution in [0.25, 0.3) is 0 Å². The summed E-state index contributed by atoms with van der Waals surface area (Å²) in [6.45, 7) is 6.09. The Morgan fingerprint density at radius 2 is 2.06 bits per heavy atom. The van der Waals surface area contributed by atoms with Crippen molar-refractivity contribution in [3.8, 4) is 0 Å². The van der Waals surface area contributed by atoms with Gasteiger partial charge in [-0.15, -0.1) is 0 Å². The molecule has 0 aromatic heterocycles. The predicted molar refractivity (Wildman–Crippen MR) is 73.3 cm³/mol. The SMILES string of the molecule is CCCCCCOCC(NCC)(C(N)=O)C1CC1. The molecule has 0 spiro atoms. The van der Waals surface area contributed by atoms with Crippen molar-refractivity contribution in [2.45, 2.75) is 57.9 Å². The summed E-state index contributed by atoms with van der Waals surface area (Å²) >= 11 is 0. The van der Waals surface area contributed by atoms with Gasteiger partial charge in [0.25, 0.3) is 0 Å². The summed E-state index contributed by atoms with van der Waals surface area (Å²) in [7, 11) is 0. The maximum absolute atomic E-state index is 11.7. The zero-order valence-corrected chi connectivity index (χ0v) is 11.8. The van der Waals surface area contributed by atoms with Crippen molar-refractivity contribution in [1.29, 1.82) is 0 Å². The number of unbranched alkanes of at least 4 members (excludes halogenated alkanes) is 3. The zero-order chi connectivity index (χ0) is 13.4. The molecule has 4 nitrogen and oxygen atoms in total. The van der Waals surface area contributed by atoms with E-state index in [1.165, 1.54) is 19.3 Å². The number of ether oxygens (including phenoxy) is 1. The monoisotopic (exact) mass is 256 g/mol. The highest BCUT2D eigenvalue weighted by molar-refractivity contribution is 5.85. The highest BCUT2D eigenvalue weighted by Crippen LogP contribution is 2.39. The number of likely N-dealkylation sites (N-methyl/N-ethyl adjacent to an activating group) is 1. The van der Waals surface area contributed by atoms with Gasteiger partial charge in [-0.2, -0.15) is 0 Å². The molecule has 1 rings (SSSR count). The average Bonchev–Trinajstić information content (AvgIpc) is 3.16. The Bertz CT molecular complexity index is 254. The van der Waals surface area contributed by atoms with E-state index in [0.717, 1.165) is 32.4 Å². The van der Waals surface area contributed by atoms with Crippen molar-refractivity contribution in [3.63, 3.8) is 0 Å². The Labute approximate surface area is 111 Å². The molecule has 1 aliphatic carbocycles. The molecule has 0 radical (unpaired) electrons. The maximum Gasteiger partial charge on any atom is 0.240 e. The van der Waals surface area contributed by atoms with E-state index in [4.69, 9.17) is 10.5 Å². The molecule has 1 unspecified atom stereocenters. The van der Waals surface area contributed by atoms with Gasteiger partial charge in [-0.1, -0.05) is 33.1 Å². The van der Waals surface area contributed by atoms with E-state index in [2.05, 4.69) is 12.2 Å². The van der Waals surface area contributed by atoms with Crippen LogP contribution in [0.1, 0.15) is 52.4 Å². The van der Waals surface area contributed by atoms with Crippen molar-refractivity contribution >= 4 is 5.91 Å². The fraction of sp³-hybridized carbons (Fsp3) is 0.929. The number of carbonyl (C=O) groups excluding carboxylic acids is 1. The summed E-state index contributed by atoms with van der Waals surface area (Å²) in [4.78, 5) is 11.7. The quantitative estimate of drug-likeness (QED) is 0.554. The van der Waals surface area contributed by atoms with Gasteiger partial charge in [-0.05, 0) is 31.7 Å². The van der Waals surface area contributed by atoms with Crippen LogP contribution in [0.4, 0.5) is 0 Å². The number of primary amides is 1. The number of nitrogens with one attached hydrogen (secondary N) is 1. The number of hydrogen-bond donors (Lipinski definition) is 2. The first-order chi connectivity index (χ1) is 8.67. The molecule has 1 saturated carbocycles. The largest absolute Gasteiger partial charge is 0.379 e. The Morgan fingerprint density at radius 3 is 2.56 bits per heavy atom. The van der Waals surface area contributed by atoms with Crippen molar-refractivity contribution < 1.29 is 9.53 Å². The minimum atomic E-state index is -0.625. The van der Waals surface area contributed by atoms with Crippen LogP contribution < -0.4 is 11.1 Å². The van der Waals surface area contributed by atoms with Crippen molar-refractivity contribution in [2.75, 3.05) is 19.8 Å². The molecule has 0 aromatic carbocycles. The number of nitrogens with two attached hydrogens (primary N) is 1. The summed E-state index contributed by atoms with van der Waals surface area (Å²) in [5, 5.41) is 3.26. The van der Waals surface area contributed by atoms with Crippen LogP contribution >= 0.6 is 0 Å². The van der Waals surface area contributed by atoms with E-state index in [1.807, 2.05) is 6.92 Å². The summed E-state index contributed by atoms with van der Waals surface area (Å²) in [6, 6.07) is 0. The predicted octanol–water partition coefficient (Wildman–Crippen LogP) is 1.83. The van der Waals surface area contributed by atoms with Crippen LogP contribution in [0, 0.1) is 5.92 Å². The molecule has 0 aliphatic heterocycles. The van der Waals surface area contributed by atoms with Gasteiger partial charge in [0.15, 0.2) is 0 Å². The van der Waals surface area contributed by atoms with Crippen LogP contribution in [0.3, 0.4) is 0 Å². The van der Waals surface area contributed by atoms with Gasteiger partial charge < -0.3 is 15.8 Å². The molecule has 1 aliphatic rings. The molecule has 106 valence electrons. The summed E-state index contributed by atoms with van der Waals surface area (Å²) < 4.78 is 5.70. The Kier molecular flexibility index (Phi) is 6.65. The van der Waals surface area contributed by atoms with Gasteiger partial charge in [0, 0.05) is 6.61 Å². The van der Waals surface area contributed by atoms with E-state index in [1.54, 1.807) is 0 Å². The van der Waals surface area contributed by atoms with E-state index in [-0.39, 0.29) is 5.91 Å². The smallest absolute Gasteiger partial charge is 0.240 e. The fourth-order valence-corrected chi connectivity index (χ4v) is 2.43. The number of rotatable bonds is 11. The maximum atomic E-state index is 11.7. The van der Waals surface area contributed by atoms with Gasteiger partial charge in [0.05, 0.1) is 6.61 Å². The molecule has 0 saturated heterocycles. The minimum absolute atomic E-state index is 0.264. The van der Waals surface area contributed by atoms with Gasteiger partial charge >= 0.3 is 0 Å². The number of amides is 1. The van der Waals surface area contributed by atoms with E-state index in [9.17, 15) is 4.79 Å². The lowest BCUT2D eigenvalue weighted by Gasteiger charge is -2.31. The zero-order valence-electron chi connectivity index (χ0n) is 11.8. The Hall–Kier alpha value is -0.610. The summed E-state index contributed by atoms with van der Waals surface area (Å²) in [5.74, 6) is 0.103. The van der Waals surface area contributed by atoms with Crippen molar-refractivity contribution in [2.24, 2.45) is 11.7 Å². The second-order valence-electron chi connectivity index (χ2n) is 5.25. The van der Waals surface area contributed by atoms with Crippen LogP contribution in [0.15, 0.2) is 0 Å². The molecule has 0 aromatic rings. The lowest BCUT2D eigenvalue weighted by atomic mass is 9.93. The third-order valence-corrected chi connectivity index (χ3v) is 3.68. The van der Waals surface area contributed by atoms with Gasteiger partial charge in [-0.3, -0.25) is 4.79 Å². The second-order valence-corrected chi connectivity index (χ2v) is 5.25. The first-order valence-corrected chi connectivity index (χ1v) is 7.30. The number of hydrogen-bond acceptors (Lipinski definition) is 3. The van der Waals surface area contributed by atoms with Crippen LogP contribution in [-0.4, -0.2) is 31.2 Å². The molecule has 18 heavy (non-hydrogen) atoms. The Morgan fingerprint density at radius 1 is 1.33 bits per heavy atom. The Balaban J connectivity index is 2.34. The molecule has 3 N–H and O–H groups in total. The molecular weight excluding hydrogens is 228 g/mol. The third kappa shape index (κ3) is 4.25. The van der Waals surface area contributed by atoms with Crippen LogP contribution in [0.5, 0.6) is 0 Å². The minimum Gasteiger partial charge on any atom is -0.379 e. The highest BCUT2D eigenvalue weighted by Gasteiger charge is 2.49. The summed E-state index contributed by atoms with van der Waals surface area (Å²) in [6.07, 6.45) is 6.90. The fourth-order valence-electron chi connectivity index (χ4n) is 2.43. The van der Waals surface area contributed by atoms with Crippen molar-refractivity contribution in [3.05, 3.63) is 0 Å². The standard InChI is InChI=1S/C14H28N2O2/c1-3-5-6-7-10-18-11-14(13(15)17,16-4-2)12-8-9-12/h12,16H,3-11H2,1-2H3,(H2,15,17).